The second-order valence-corrected chi connectivity index (χ2v) is 8.28. The molecule has 29 heavy (non-hydrogen) atoms. The van der Waals surface area contributed by atoms with Crippen molar-refractivity contribution in [1.82, 2.24) is 4.98 Å². The van der Waals surface area contributed by atoms with Gasteiger partial charge in [-0.25, -0.2) is 4.98 Å². The molecule has 1 aromatic heterocycles. The Balaban J connectivity index is 1.73. The van der Waals surface area contributed by atoms with Crippen molar-refractivity contribution in [3.05, 3.63) is 64.5 Å². The molecule has 0 saturated carbocycles. The van der Waals surface area contributed by atoms with Crippen LogP contribution in [0.4, 0.5) is 10.8 Å². The fourth-order valence-corrected chi connectivity index (χ4v) is 4.30. The molecule has 5 nitrogen and oxygen atoms in total. The van der Waals surface area contributed by atoms with E-state index in [4.69, 9.17) is 0 Å². The second-order valence-electron chi connectivity index (χ2n) is 7.42. The van der Waals surface area contributed by atoms with Crippen LogP contribution in [0.2, 0.25) is 0 Å². The summed E-state index contributed by atoms with van der Waals surface area (Å²) in [6, 6.07) is 13.9. The molecule has 1 heterocycles. The topological polar surface area (TPSA) is 65.5 Å². The van der Waals surface area contributed by atoms with Gasteiger partial charge < -0.3 is 15.3 Å². The molecule has 1 unspecified atom stereocenters. The van der Waals surface area contributed by atoms with Crippen LogP contribution in [0.3, 0.4) is 0 Å². The highest BCUT2D eigenvalue weighted by Crippen LogP contribution is 2.31. The van der Waals surface area contributed by atoms with Crippen LogP contribution in [-0.4, -0.2) is 35.2 Å². The van der Waals surface area contributed by atoms with E-state index in [9.17, 15) is 9.90 Å². The Kier molecular flexibility index (Phi) is 6.67. The maximum Gasteiger partial charge on any atom is 0.245 e. The van der Waals surface area contributed by atoms with E-state index in [1.807, 2.05) is 40.6 Å². The van der Waals surface area contributed by atoms with Crippen molar-refractivity contribution in [1.29, 1.82) is 0 Å². The zero-order chi connectivity index (χ0) is 21.0. The monoisotopic (exact) mass is 409 g/mol. The molecule has 2 aromatic carbocycles. The number of anilines is 2. The van der Waals surface area contributed by atoms with E-state index in [-0.39, 0.29) is 12.5 Å². The molecule has 0 aliphatic rings. The van der Waals surface area contributed by atoms with Crippen LogP contribution in [0.25, 0.3) is 11.3 Å². The average molecular weight is 410 g/mol. The highest BCUT2D eigenvalue weighted by molar-refractivity contribution is 7.14. The van der Waals surface area contributed by atoms with Gasteiger partial charge in [0.05, 0.1) is 18.3 Å². The number of nitrogens with zero attached hydrogens (tertiary/aromatic N) is 2. The molecule has 0 spiro atoms. The van der Waals surface area contributed by atoms with E-state index < -0.39 is 6.10 Å². The quantitative estimate of drug-likeness (QED) is 0.600. The standard InChI is InChI=1S/C23H27N3O2S/c1-15-10-16(2)22(17(3)11-15)20-14-29-23(24-20)25-21(28)13-26(12-18(4)27)19-8-6-5-7-9-19/h5-11,14,18,27H,12-13H2,1-4H3,(H,24,25,28). The summed E-state index contributed by atoms with van der Waals surface area (Å²) >= 11 is 1.42. The summed E-state index contributed by atoms with van der Waals surface area (Å²) in [5.41, 5.74) is 6.48. The fourth-order valence-electron chi connectivity index (χ4n) is 3.58. The van der Waals surface area contributed by atoms with Crippen LogP contribution in [0.5, 0.6) is 0 Å². The number of benzene rings is 2. The van der Waals surface area contributed by atoms with Crippen LogP contribution in [0, 0.1) is 20.8 Å². The van der Waals surface area contributed by atoms with Crippen molar-refractivity contribution >= 4 is 28.1 Å². The van der Waals surface area contributed by atoms with E-state index in [2.05, 4.69) is 43.2 Å². The normalized spacial score (nSPS) is 11.9. The van der Waals surface area contributed by atoms with Gasteiger partial charge in [-0.2, -0.15) is 0 Å². The third-order valence-corrected chi connectivity index (χ3v) is 5.38. The zero-order valence-electron chi connectivity index (χ0n) is 17.3. The van der Waals surface area contributed by atoms with Crippen molar-refractivity contribution in [2.45, 2.75) is 33.8 Å². The maximum absolute atomic E-state index is 12.6. The number of para-hydroxylation sites is 1. The molecule has 0 bridgehead atoms. The first-order chi connectivity index (χ1) is 13.8. The lowest BCUT2D eigenvalue weighted by molar-refractivity contribution is -0.115. The summed E-state index contributed by atoms with van der Waals surface area (Å²) in [6.07, 6.45) is -0.540. The zero-order valence-corrected chi connectivity index (χ0v) is 18.1. The minimum atomic E-state index is -0.540. The molecule has 152 valence electrons. The molecule has 1 amide bonds. The van der Waals surface area contributed by atoms with Gasteiger partial charge in [-0.3, -0.25) is 4.79 Å². The predicted molar refractivity (Wildman–Crippen MR) is 121 cm³/mol. The van der Waals surface area contributed by atoms with Crippen LogP contribution in [0.1, 0.15) is 23.6 Å². The van der Waals surface area contributed by atoms with Crippen molar-refractivity contribution in [2.24, 2.45) is 0 Å². The molecule has 3 aromatic rings. The molecule has 0 aliphatic heterocycles. The highest BCUT2D eigenvalue weighted by atomic mass is 32.1. The van der Waals surface area contributed by atoms with Gasteiger partial charge in [0.1, 0.15) is 0 Å². The smallest absolute Gasteiger partial charge is 0.245 e. The van der Waals surface area contributed by atoms with E-state index in [0.29, 0.717) is 11.7 Å². The van der Waals surface area contributed by atoms with Crippen molar-refractivity contribution in [3.63, 3.8) is 0 Å². The van der Waals surface area contributed by atoms with Crippen LogP contribution in [-0.2, 0) is 4.79 Å². The van der Waals surface area contributed by atoms with Crippen LogP contribution >= 0.6 is 11.3 Å². The Labute approximate surface area is 176 Å². The first kappa shape index (κ1) is 21.0. The summed E-state index contributed by atoms with van der Waals surface area (Å²) in [7, 11) is 0. The number of aromatic nitrogens is 1. The molecule has 0 radical (unpaired) electrons. The third kappa shape index (κ3) is 5.43. The Morgan fingerprint density at radius 2 is 1.83 bits per heavy atom. The van der Waals surface area contributed by atoms with Crippen molar-refractivity contribution in [2.75, 3.05) is 23.3 Å². The number of hydrogen-bond donors (Lipinski definition) is 2. The van der Waals surface area contributed by atoms with Gasteiger partial charge in [0.25, 0.3) is 0 Å². The molecule has 0 saturated heterocycles. The molecule has 6 heteroatoms. The predicted octanol–water partition coefficient (Wildman–Crippen LogP) is 4.56. The summed E-state index contributed by atoms with van der Waals surface area (Å²) < 4.78 is 0. The molecular weight excluding hydrogens is 382 g/mol. The fraction of sp³-hybridized carbons (Fsp3) is 0.304. The highest BCUT2D eigenvalue weighted by Gasteiger charge is 2.16. The molecule has 0 fully saturated rings. The minimum absolute atomic E-state index is 0.145. The minimum Gasteiger partial charge on any atom is -0.392 e. The molecule has 0 aliphatic carbocycles. The number of amides is 1. The number of carbonyl (C=O) groups excluding carboxylic acids is 1. The van der Waals surface area contributed by atoms with E-state index in [1.165, 1.54) is 28.0 Å². The summed E-state index contributed by atoms with van der Waals surface area (Å²) in [5, 5.41) is 15.3. The largest absolute Gasteiger partial charge is 0.392 e. The van der Waals surface area contributed by atoms with E-state index in [0.717, 1.165) is 16.9 Å². The van der Waals surface area contributed by atoms with Gasteiger partial charge in [-0.1, -0.05) is 35.9 Å². The number of aryl methyl sites for hydroxylation is 3. The number of rotatable bonds is 7. The second kappa shape index (κ2) is 9.20. The Hall–Kier alpha value is -2.70. The van der Waals surface area contributed by atoms with E-state index >= 15 is 0 Å². The van der Waals surface area contributed by atoms with Gasteiger partial charge in [-0.05, 0) is 51.0 Å². The number of carbonyl (C=O) groups is 1. The Morgan fingerprint density at radius 3 is 2.45 bits per heavy atom. The Morgan fingerprint density at radius 1 is 1.17 bits per heavy atom. The van der Waals surface area contributed by atoms with Gasteiger partial charge >= 0.3 is 0 Å². The number of aliphatic hydroxyl groups is 1. The third-order valence-electron chi connectivity index (χ3n) is 4.62. The van der Waals surface area contributed by atoms with Gasteiger partial charge in [-0.15, -0.1) is 11.3 Å². The van der Waals surface area contributed by atoms with Gasteiger partial charge in [0, 0.05) is 23.2 Å². The lowest BCUT2D eigenvalue weighted by Gasteiger charge is -2.25. The summed E-state index contributed by atoms with van der Waals surface area (Å²) in [5.74, 6) is -0.159. The van der Waals surface area contributed by atoms with Crippen molar-refractivity contribution < 1.29 is 9.90 Å². The first-order valence-electron chi connectivity index (χ1n) is 9.65. The maximum atomic E-state index is 12.6. The number of thiazole rings is 1. The number of aliphatic hydroxyl groups excluding tert-OH is 1. The first-order valence-corrected chi connectivity index (χ1v) is 10.5. The van der Waals surface area contributed by atoms with Gasteiger partial charge in [0.15, 0.2) is 5.13 Å². The summed E-state index contributed by atoms with van der Waals surface area (Å²) in [4.78, 5) is 19.1. The van der Waals surface area contributed by atoms with Crippen molar-refractivity contribution in [3.8, 4) is 11.3 Å². The van der Waals surface area contributed by atoms with Gasteiger partial charge in [0.2, 0.25) is 5.91 Å². The molecule has 2 N–H and O–H groups in total. The Bertz CT molecular complexity index is 960. The number of nitrogens with one attached hydrogen (secondary N) is 1. The molecular formula is C23H27N3O2S. The SMILES string of the molecule is Cc1cc(C)c(-c2csc(NC(=O)CN(CC(C)O)c3ccccc3)n2)c(C)c1. The van der Waals surface area contributed by atoms with Crippen LogP contribution < -0.4 is 10.2 Å². The summed E-state index contributed by atoms with van der Waals surface area (Å²) in [6.45, 7) is 8.49. The number of hydrogen-bond acceptors (Lipinski definition) is 5. The molecule has 1 atom stereocenters. The average Bonchev–Trinajstić information content (AvgIpc) is 3.08. The van der Waals surface area contributed by atoms with E-state index in [1.54, 1.807) is 6.92 Å². The lowest BCUT2D eigenvalue weighted by Crippen LogP contribution is -2.37. The lowest BCUT2D eigenvalue weighted by atomic mass is 9.98. The molecule has 3 rings (SSSR count). The van der Waals surface area contributed by atoms with Crippen LogP contribution in [0.15, 0.2) is 47.8 Å².